The van der Waals surface area contributed by atoms with Gasteiger partial charge in [0, 0.05) is 39.1 Å². The summed E-state index contributed by atoms with van der Waals surface area (Å²) in [5.41, 5.74) is 3.50. The van der Waals surface area contributed by atoms with Gasteiger partial charge in [-0.2, -0.15) is 0 Å². The number of piperidine rings is 1. The molecule has 0 N–H and O–H groups in total. The van der Waals surface area contributed by atoms with E-state index in [1.54, 1.807) is 12.1 Å². The molecule has 0 aliphatic carbocycles. The van der Waals surface area contributed by atoms with Crippen LogP contribution in [0.25, 0.3) is 10.8 Å². The number of likely N-dealkylation sites (tertiary alicyclic amines) is 1. The molecule has 0 spiro atoms. The minimum absolute atomic E-state index is 0.0151. The fourth-order valence-corrected chi connectivity index (χ4v) is 6.27. The molecule has 6 heteroatoms. The van der Waals surface area contributed by atoms with Gasteiger partial charge < -0.3 is 14.2 Å². The summed E-state index contributed by atoms with van der Waals surface area (Å²) in [5, 5.41) is 2.19. The SMILES string of the molecule is C[Si](C)(C)CCOCOc1cc(COC2CN(Cc3ccccc3)CCC2c2ccc(F)cc2)cc2ccccc12. The molecule has 0 bridgehead atoms. The fraction of sp³-hybridized carbons (Fsp3) is 0.371. The van der Waals surface area contributed by atoms with Crippen LogP contribution >= 0.6 is 0 Å². The van der Waals surface area contributed by atoms with Gasteiger partial charge in [0.15, 0.2) is 6.79 Å². The molecule has 0 saturated carbocycles. The van der Waals surface area contributed by atoms with E-state index in [9.17, 15) is 4.39 Å². The molecule has 2 atom stereocenters. The van der Waals surface area contributed by atoms with Gasteiger partial charge >= 0.3 is 0 Å². The molecule has 0 amide bonds. The molecule has 0 aromatic heterocycles. The van der Waals surface area contributed by atoms with E-state index >= 15 is 0 Å². The Kier molecular flexibility index (Phi) is 9.88. The molecule has 216 valence electrons. The third-order valence-electron chi connectivity index (χ3n) is 7.83. The Balaban J connectivity index is 1.30. The second-order valence-corrected chi connectivity index (χ2v) is 17.9. The lowest BCUT2D eigenvalue weighted by atomic mass is 9.86. The second-order valence-electron chi connectivity index (χ2n) is 12.3. The summed E-state index contributed by atoms with van der Waals surface area (Å²) in [6, 6.07) is 31.2. The van der Waals surface area contributed by atoms with Crippen molar-refractivity contribution in [3.05, 3.63) is 114 Å². The quantitative estimate of drug-likeness (QED) is 0.0973. The molecule has 5 rings (SSSR count). The van der Waals surface area contributed by atoms with Crippen LogP contribution < -0.4 is 4.74 Å². The van der Waals surface area contributed by atoms with Crippen LogP contribution in [0.4, 0.5) is 4.39 Å². The molecule has 1 aliphatic heterocycles. The Morgan fingerprint density at radius 2 is 1.63 bits per heavy atom. The number of benzene rings is 4. The van der Waals surface area contributed by atoms with Crippen molar-refractivity contribution >= 4 is 18.8 Å². The molecule has 1 heterocycles. The molecule has 1 fully saturated rings. The van der Waals surface area contributed by atoms with Crippen LogP contribution in [0.15, 0.2) is 91.0 Å². The van der Waals surface area contributed by atoms with Gasteiger partial charge in [-0.25, -0.2) is 4.39 Å². The highest BCUT2D eigenvalue weighted by molar-refractivity contribution is 6.76. The number of hydrogen-bond donors (Lipinski definition) is 0. The normalized spacial score (nSPS) is 18.0. The van der Waals surface area contributed by atoms with Gasteiger partial charge in [-0.3, -0.25) is 4.90 Å². The Labute approximate surface area is 245 Å². The van der Waals surface area contributed by atoms with E-state index in [0.29, 0.717) is 6.61 Å². The summed E-state index contributed by atoms with van der Waals surface area (Å²) in [6.45, 7) is 11.2. The number of ether oxygens (including phenoxy) is 3. The molecular formula is C35H42FNO3Si. The first-order valence-corrected chi connectivity index (χ1v) is 18.4. The summed E-state index contributed by atoms with van der Waals surface area (Å²) in [5.74, 6) is 0.818. The number of rotatable bonds is 12. The summed E-state index contributed by atoms with van der Waals surface area (Å²) >= 11 is 0. The highest BCUT2D eigenvalue weighted by Crippen LogP contribution is 2.33. The van der Waals surface area contributed by atoms with Crippen molar-refractivity contribution in [1.82, 2.24) is 4.90 Å². The van der Waals surface area contributed by atoms with Crippen LogP contribution in [0.2, 0.25) is 25.7 Å². The predicted octanol–water partition coefficient (Wildman–Crippen LogP) is 8.24. The van der Waals surface area contributed by atoms with E-state index in [2.05, 4.69) is 79.1 Å². The van der Waals surface area contributed by atoms with Gasteiger partial charge in [-0.15, -0.1) is 0 Å². The topological polar surface area (TPSA) is 30.9 Å². The van der Waals surface area contributed by atoms with Crippen LogP contribution in [-0.2, 0) is 22.6 Å². The van der Waals surface area contributed by atoms with Crippen LogP contribution in [0.1, 0.15) is 29.0 Å². The van der Waals surface area contributed by atoms with Crippen molar-refractivity contribution in [2.45, 2.75) is 57.3 Å². The zero-order valence-corrected chi connectivity index (χ0v) is 25.5. The Hall–Kier alpha value is -3.03. The number of fused-ring (bicyclic) bond motifs is 1. The van der Waals surface area contributed by atoms with E-state index < -0.39 is 8.07 Å². The van der Waals surface area contributed by atoms with E-state index in [1.165, 1.54) is 5.56 Å². The van der Waals surface area contributed by atoms with Gasteiger partial charge in [0.1, 0.15) is 11.6 Å². The highest BCUT2D eigenvalue weighted by atomic mass is 28.3. The fourth-order valence-electron chi connectivity index (χ4n) is 5.51. The largest absolute Gasteiger partial charge is 0.467 e. The molecule has 2 unspecified atom stereocenters. The number of nitrogens with zero attached hydrogens (tertiary/aromatic N) is 1. The van der Waals surface area contributed by atoms with Gasteiger partial charge in [-0.1, -0.05) is 86.4 Å². The number of hydrogen-bond acceptors (Lipinski definition) is 4. The summed E-state index contributed by atoms with van der Waals surface area (Å²) in [6.07, 6.45) is 0.947. The van der Waals surface area contributed by atoms with Crippen molar-refractivity contribution < 1.29 is 18.6 Å². The van der Waals surface area contributed by atoms with Crippen molar-refractivity contribution in [2.24, 2.45) is 0 Å². The standard InChI is InChI=1S/C35H42FNO3Si/c1-41(2,3)20-19-38-26-40-34-22-28(21-30-11-7-8-12-32(30)34)25-39-35-24-37(23-27-9-5-4-6-10-27)18-17-33(35)29-13-15-31(36)16-14-29/h4-16,21-22,33,35H,17-20,23-26H2,1-3H3. The average molecular weight is 572 g/mol. The van der Waals surface area contributed by atoms with Crippen molar-refractivity contribution in [2.75, 3.05) is 26.5 Å². The maximum Gasteiger partial charge on any atom is 0.189 e. The molecular weight excluding hydrogens is 529 g/mol. The van der Waals surface area contributed by atoms with Crippen LogP contribution in [-0.4, -0.2) is 45.6 Å². The monoisotopic (exact) mass is 571 g/mol. The molecule has 41 heavy (non-hydrogen) atoms. The lowest BCUT2D eigenvalue weighted by Gasteiger charge is -2.39. The summed E-state index contributed by atoms with van der Waals surface area (Å²) in [7, 11) is -1.15. The highest BCUT2D eigenvalue weighted by Gasteiger charge is 2.31. The maximum atomic E-state index is 13.7. The first-order chi connectivity index (χ1) is 19.8. The lowest BCUT2D eigenvalue weighted by molar-refractivity contribution is -0.0265. The zero-order chi connectivity index (χ0) is 28.7. The van der Waals surface area contributed by atoms with Crippen LogP contribution in [0.3, 0.4) is 0 Å². The lowest BCUT2D eigenvalue weighted by Crippen LogP contribution is -2.43. The Morgan fingerprint density at radius 1 is 0.878 bits per heavy atom. The van der Waals surface area contributed by atoms with E-state index in [-0.39, 0.29) is 24.6 Å². The van der Waals surface area contributed by atoms with Gasteiger partial charge in [0.25, 0.3) is 0 Å². The third-order valence-corrected chi connectivity index (χ3v) is 9.54. The van der Waals surface area contributed by atoms with Gasteiger partial charge in [0.05, 0.1) is 12.7 Å². The smallest absolute Gasteiger partial charge is 0.189 e. The van der Waals surface area contributed by atoms with Crippen molar-refractivity contribution in [1.29, 1.82) is 0 Å². The number of halogens is 1. The summed E-state index contributed by atoms with van der Waals surface area (Å²) in [4.78, 5) is 2.47. The van der Waals surface area contributed by atoms with Crippen LogP contribution in [0, 0.1) is 5.82 Å². The summed E-state index contributed by atoms with van der Waals surface area (Å²) < 4.78 is 32.4. The van der Waals surface area contributed by atoms with Gasteiger partial charge in [0.2, 0.25) is 0 Å². The van der Waals surface area contributed by atoms with Crippen molar-refractivity contribution in [3.63, 3.8) is 0 Å². The second kappa shape index (κ2) is 13.8. The van der Waals surface area contributed by atoms with Crippen LogP contribution in [0.5, 0.6) is 5.75 Å². The molecule has 1 saturated heterocycles. The van der Waals surface area contributed by atoms with E-state index in [0.717, 1.165) is 66.4 Å². The minimum atomic E-state index is -1.15. The minimum Gasteiger partial charge on any atom is -0.467 e. The maximum absolute atomic E-state index is 13.7. The van der Waals surface area contributed by atoms with Crippen molar-refractivity contribution in [3.8, 4) is 5.75 Å². The molecule has 4 aromatic carbocycles. The molecule has 4 nitrogen and oxygen atoms in total. The first kappa shape index (κ1) is 29.5. The third kappa shape index (κ3) is 8.49. The zero-order valence-electron chi connectivity index (χ0n) is 24.5. The first-order valence-electron chi connectivity index (χ1n) is 14.7. The molecule has 0 radical (unpaired) electrons. The van der Waals surface area contributed by atoms with Gasteiger partial charge in [-0.05, 0) is 65.4 Å². The molecule has 1 aliphatic rings. The Morgan fingerprint density at radius 3 is 2.41 bits per heavy atom. The molecule has 4 aromatic rings. The van der Waals surface area contributed by atoms with E-state index in [4.69, 9.17) is 14.2 Å². The Bertz CT molecular complexity index is 1390. The van der Waals surface area contributed by atoms with E-state index in [1.807, 2.05) is 24.3 Å². The average Bonchev–Trinajstić information content (AvgIpc) is 2.96. The predicted molar refractivity (Wildman–Crippen MR) is 168 cm³/mol.